The average Bonchev–Trinajstić information content (AvgIpc) is 2.94. The molecule has 0 radical (unpaired) electrons. The Labute approximate surface area is 170 Å². The number of amides is 1. The summed E-state index contributed by atoms with van der Waals surface area (Å²) in [6.07, 6.45) is 3.32. The van der Waals surface area contributed by atoms with Crippen molar-refractivity contribution in [3.8, 4) is 5.75 Å². The molecule has 5 rings (SSSR count). The van der Waals surface area contributed by atoms with Crippen LogP contribution in [0.2, 0.25) is 0 Å². The fourth-order valence-corrected chi connectivity index (χ4v) is 4.66. The van der Waals surface area contributed by atoms with Crippen LogP contribution in [0.5, 0.6) is 5.75 Å². The Morgan fingerprint density at radius 2 is 2.10 bits per heavy atom. The third-order valence-electron chi connectivity index (χ3n) is 6.23. The minimum absolute atomic E-state index is 0.0457. The number of hydrogen-bond donors (Lipinski definition) is 3. The maximum Gasteiger partial charge on any atom is 0.262 e. The monoisotopic (exact) mass is 392 g/mol. The van der Waals surface area contributed by atoms with E-state index in [0.29, 0.717) is 17.5 Å². The predicted molar refractivity (Wildman–Crippen MR) is 115 cm³/mol. The van der Waals surface area contributed by atoms with Crippen molar-refractivity contribution in [1.29, 1.82) is 0 Å². The molecule has 3 heterocycles. The topological polar surface area (TPSA) is 75.3 Å². The summed E-state index contributed by atoms with van der Waals surface area (Å²) >= 11 is 0. The van der Waals surface area contributed by atoms with Gasteiger partial charge >= 0.3 is 0 Å². The van der Waals surface area contributed by atoms with Crippen molar-refractivity contribution in [1.82, 2.24) is 14.8 Å². The number of nitrogens with one attached hydrogen (secondary N) is 3. The fraction of sp³-hybridized carbons (Fsp3) is 0.364. The summed E-state index contributed by atoms with van der Waals surface area (Å²) in [5.41, 5.74) is 5.78. The van der Waals surface area contributed by atoms with E-state index in [1.807, 2.05) is 31.3 Å². The summed E-state index contributed by atoms with van der Waals surface area (Å²) in [5, 5.41) is 9.64. The molecule has 1 amide bonds. The molecule has 150 valence electrons. The highest BCUT2D eigenvalue weighted by Crippen LogP contribution is 2.48. The van der Waals surface area contributed by atoms with Gasteiger partial charge in [-0.2, -0.15) is 4.98 Å². The van der Waals surface area contributed by atoms with E-state index in [1.54, 1.807) is 0 Å². The van der Waals surface area contributed by atoms with E-state index in [4.69, 9.17) is 9.72 Å². The van der Waals surface area contributed by atoms with Crippen LogP contribution in [0.25, 0.3) is 5.57 Å². The molecule has 2 aliphatic heterocycles. The Kier molecular flexibility index (Phi) is 4.11. The Morgan fingerprint density at radius 1 is 1.24 bits per heavy atom. The van der Waals surface area contributed by atoms with Gasteiger partial charge in [0, 0.05) is 29.8 Å². The molecule has 0 spiro atoms. The van der Waals surface area contributed by atoms with E-state index >= 15 is 0 Å². The van der Waals surface area contributed by atoms with Gasteiger partial charge in [-0.25, -0.2) is 4.48 Å². The molecule has 7 heteroatoms. The molecule has 7 nitrogen and oxygen atoms in total. The zero-order valence-electron chi connectivity index (χ0n) is 17.0. The molecule has 0 bridgehead atoms. The number of aromatic nitrogens is 1. The van der Waals surface area contributed by atoms with E-state index in [0.717, 1.165) is 34.6 Å². The normalized spacial score (nSPS) is 21.6. The molecule has 0 fully saturated rings. The number of carbonyl (C=O) groups excluding carboxylic acids is 1. The highest BCUT2D eigenvalue weighted by atomic mass is 16.5. The molecule has 1 aliphatic carbocycles. The van der Waals surface area contributed by atoms with Crippen LogP contribution in [0.15, 0.2) is 36.0 Å². The van der Waals surface area contributed by atoms with Gasteiger partial charge in [-0.05, 0) is 44.2 Å². The number of rotatable bonds is 3. The maximum atomic E-state index is 11.4. The van der Waals surface area contributed by atoms with Crippen LogP contribution in [0.1, 0.15) is 24.8 Å². The van der Waals surface area contributed by atoms with Crippen molar-refractivity contribution in [3.63, 3.8) is 0 Å². The SMILES string of the molecule is CNC1CCC2=C(C1)c1ccc(Nc3ccc4c(c3)OCC(=O)N4)nc1[N+]2(C)C. The largest absolute Gasteiger partial charge is 0.482 e. The molecule has 3 aliphatic rings. The van der Waals surface area contributed by atoms with Gasteiger partial charge in [-0.15, -0.1) is 0 Å². The van der Waals surface area contributed by atoms with Gasteiger partial charge in [0.1, 0.15) is 17.3 Å². The Hall–Kier alpha value is -2.90. The third-order valence-corrected chi connectivity index (χ3v) is 6.23. The lowest BCUT2D eigenvalue weighted by molar-refractivity contribution is -0.118. The summed E-state index contributed by atoms with van der Waals surface area (Å²) in [6, 6.07) is 10.4. The van der Waals surface area contributed by atoms with E-state index in [2.05, 4.69) is 36.1 Å². The zero-order valence-corrected chi connectivity index (χ0v) is 17.0. The lowest BCUT2D eigenvalue weighted by Crippen LogP contribution is -2.40. The van der Waals surface area contributed by atoms with Crippen LogP contribution in [0.3, 0.4) is 0 Å². The van der Waals surface area contributed by atoms with Gasteiger partial charge in [-0.3, -0.25) is 4.79 Å². The smallest absolute Gasteiger partial charge is 0.262 e. The van der Waals surface area contributed by atoms with E-state index in [9.17, 15) is 4.79 Å². The lowest BCUT2D eigenvalue weighted by atomic mass is 9.90. The van der Waals surface area contributed by atoms with Gasteiger partial charge in [0.15, 0.2) is 6.61 Å². The number of allylic oxidation sites excluding steroid dienone is 1. The van der Waals surface area contributed by atoms with Crippen LogP contribution >= 0.6 is 0 Å². The number of carbonyl (C=O) groups is 1. The van der Waals surface area contributed by atoms with Crippen molar-refractivity contribution >= 4 is 34.5 Å². The Balaban J connectivity index is 1.44. The molecule has 1 unspecified atom stereocenters. The van der Waals surface area contributed by atoms with E-state index in [1.165, 1.54) is 23.3 Å². The summed E-state index contributed by atoms with van der Waals surface area (Å²) in [6.45, 7) is 0.0457. The minimum atomic E-state index is -0.129. The number of hydrogen-bond acceptors (Lipinski definition) is 5. The molecule has 0 saturated heterocycles. The van der Waals surface area contributed by atoms with Gasteiger partial charge < -0.3 is 20.7 Å². The van der Waals surface area contributed by atoms with Crippen LogP contribution in [0, 0.1) is 0 Å². The number of anilines is 3. The highest BCUT2D eigenvalue weighted by Gasteiger charge is 2.43. The fourth-order valence-electron chi connectivity index (χ4n) is 4.66. The van der Waals surface area contributed by atoms with Crippen molar-refractivity contribution in [3.05, 3.63) is 41.6 Å². The molecular weight excluding hydrogens is 366 g/mol. The predicted octanol–water partition coefficient (Wildman–Crippen LogP) is 3.22. The molecule has 3 N–H and O–H groups in total. The molecule has 2 aromatic rings. The first-order valence-corrected chi connectivity index (χ1v) is 10.1. The number of nitrogens with zero attached hydrogens (tertiary/aromatic N) is 2. The summed E-state index contributed by atoms with van der Waals surface area (Å²) in [7, 11) is 6.51. The average molecular weight is 392 g/mol. The standard InChI is InChI=1S/C22H25N5O2/c1-23-13-5-8-18-16(10-13)15-6-9-20(26-22(15)27(18,2)3)24-14-4-7-17-19(11-14)29-12-21(28)25-17/h4,6-7,9,11,13,23H,5,8,10,12H2,1-3H3,(H-,24,25,26,28)/p+1. The molecule has 1 aromatic carbocycles. The highest BCUT2D eigenvalue weighted by molar-refractivity contribution is 5.95. The second-order valence-electron chi connectivity index (χ2n) is 8.35. The van der Waals surface area contributed by atoms with Crippen molar-refractivity contribution in [2.45, 2.75) is 25.3 Å². The summed E-state index contributed by atoms with van der Waals surface area (Å²) in [4.78, 5) is 16.4. The zero-order chi connectivity index (χ0) is 20.2. The number of fused-ring (bicyclic) bond motifs is 3. The first-order valence-electron chi connectivity index (χ1n) is 10.1. The van der Waals surface area contributed by atoms with Crippen molar-refractivity contribution < 1.29 is 9.53 Å². The molecule has 1 atom stereocenters. The Bertz CT molecular complexity index is 1040. The lowest BCUT2D eigenvalue weighted by Gasteiger charge is -2.30. The van der Waals surface area contributed by atoms with Gasteiger partial charge in [0.25, 0.3) is 5.91 Å². The molecule has 0 saturated carbocycles. The van der Waals surface area contributed by atoms with Crippen LogP contribution in [0.4, 0.5) is 23.0 Å². The van der Waals surface area contributed by atoms with Crippen LogP contribution < -0.4 is 25.2 Å². The van der Waals surface area contributed by atoms with Crippen LogP contribution in [-0.4, -0.2) is 44.7 Å². The van der Waals surface area contributed by atoms with Gasteiger partial charge in [0.05, 0.1) is 25.3 Å². The maximum absolute atomic E-state index is 11.4. The minimum Gasteiger partial charge on any atom is -0.482 e. The second kappa shape index (κ2) is 6.57. The van der Waals surface area contributed by atoms with Crippen LogP contribution in [-0.2, 0) is 4.79 Å². The summed E-state index contributed by atoms with van der Waals surface area (Å²) < 4.78 is 6.24. The Morgan fingerprint density at radius 3 is 2.93 bits per heavy atom. The van der Waals surface area contributed by atoms with E-state index < -0.39 is 0 Å². The van der Waals surface area contributed by atoms with Gasteiger partial charge in [0.2, 0.25) is 5.82 Å². The van der Waals surface area contributed by atoms with Gasteiger partial charge in [-0.1, -0.05) is 0 Å². The quantitative estimate of drug-likeness (QED) is 0.700. The number of benzene rings is 1. The molecular formula is C22H26N5O2+. The summed E-state index contributed by atoms with van der Waals surface area (Å²) in [5.74, 6) is 2.44. The number of ether oxygens (including phenoxy) is 1. The first-order chi connectivity index (χ1) is 14.0. The third kappa shape index (κ3) is 2.97. The van der Waals surface area contributed by atoms with E-state index in [-0.39, 0.29) is 12.5 Å². The molecule has 29 heavy (non-hydrogen) atoms. The number of quaternary nitrogens is 1. The first kappa shape index (κ1) is 18.1. The molecule has 1 aromatic heterocycles. The van der Waals surface area contributed by atoms with Crippen molar-refractivity contribution in [2.75, 3.05) is 38.4 Å². The number of pyridine rings is 1. The van der Waals surface area contributed by atoms with Crippen molar-refractivity contribution in [2.24, 2.45) is 0 Å². The second-order valence-corrected chi connectivity index (χ2v) is 8.35.